The standard InChI is InChI=1S/C20H28N4O2/c1-3-23(4-2)12-7-11-21-19(25)15-9-10-16-17(14-15)22-18-8-5-6-13-24(18)20(16)26/h9-10,14H,3-8,11-13H2,1-2H3,(H,21,25). The molecule has 1 aliphatic heterocycles. The zero-order chi connectivity index (χ0) is 18.5. The molecule has 2 aromatic rings. The minimum atomic E-state index is -0.105. The van der Waals surface area contributed by atoms with E-state index in [1.165, 1.54) is 0 Å². The summed E-state index contributed by atoms with van der Waals surface area (Å²) in [5.41, 5.74) is 1.20. The Morgan fingerprint density at radius 2 is 2.08 bits per heavy atom. The molecule has 6 nitrogen and oxygen atoms in total. The molecule has 0 bridgehead atoms. The molecule has 0 radical (unpaired) electrons. The fourth-order valence-corrected chi connectivity index (χ4v) is 3.53. The van der Waals surface area contributed by atoms with Crippen LogP contribution in [0.1, 0.15) is 49.3 Å². The lowest BCUT2D eigenvalue weighted by Crippen LogP contribution is -2.30. The van der Waals surface area contributed by atoms with Crippen molar-refractivity contribution in [1.82, 2.24) is 19.8 Å². The van der Waals surface area contributed by atoms with Gasteiger partial charge in [0.15, 0.2) is 0 Å². The molecule has 2 heterocycles. The van der Waals surface area contributed by atoms with Crippen molar-refractivity contribution < 1.29 is 4.79 Å². The Bertz CT molecular complexity index is 840. The highest BCUT2D eigenvalue weighted by atomic mass is 16.1. The maximum Gasteiger partial charge on any atom is 0.261 e. The first-order valence-corrected chi connectivity index (χ1v) is 9.68. The van der Waals surface area contributed by atoms with Gasteiger partial charge in [-0.25, -0.2) is 4.98 Å². The summed E-state index contributed by atoms with van der Waals surface area (Å²) < 4.78 is 1.78. The lowest BCUT2D eigenvalue weighted by molar-refractivity contribution is 0.0952. The van der Waals surface area contributed by atoms with Gasteiger partial charge in [0.25, 0.3) is 11.5 Å². The summed E-state index contributed by atoms with van der Waals surface area (Å²) in [6.45, 7) is 8.72. The number of benzene rings is 1. The predicted octanol–water partition coefficient (Wildman–Crippen LogP) is 2.19. The monoisotopic (exact) mass is 356 g/mol. The van der Waals surface area contributed by atoms with E-state index in [-0.39, 0.29) is 11.5 Å². The molecule has 0 aliphatic carbocycles. The van der Waals surface area contributed by atoms with Crippen molar-refractivity contribution in [2.24, 2.45) is 0 Å². The van der Waals surface area contributed by atoms with Crippen LogP contribution in [0, 0.1) is 0 Å². The normalized spacial score (nSPS) is 13.8. The molecule has 1 aromatic heterocycles. The van der Waals surface area contributed by atoms with Crippen LogP contribution in [0.5, 0.6) is 0 Å². The smallest absolute Gasteiger partial charge is 0.261 e. The van der Waals surface area contributed by atoms with Crippen LogP contribution in [0.25, 0.3) is 10.9 Å². The van der Waals surface area contributed by atoms with Crippen LogP contribution >= 0.6 is 0 Å². The molecule has 0 spiro atoms. The third-order valence-corrected chi connectivity index (χ3v) is 5.16. The zero-order valence-corrected chi connectivity index (χ0v) is 15.8. The number of amides is 1. The molecule has 1 aliphatic rings. The highest BCUT2D eigenvalue weighted by molar-refractivity contribution is 5.97. The van der Waals surface area contributed by atoms with Crippen LogP contribution < -0.4 is 10.9 Å². The van der Waals surface area contributed by atoms with E-state index < -0.39 is 0 Å². The summed E-state index contributed by atoms with van der Waals surface area (Å²) in [6, 6.07) is 5.20. The molecule has 6 heteroatoms. The van der Waals surface area contributed by atoms with Gasteiger partial charge in [0.1, 0.15) is 5.82 Å². The van der Waals surface area contributed by atoms with Gasteiger partial charge in [-0.2, -0.15) is 0 Å². The molecule has 0 fully saturated rings. The third kappa shape index (κ3) is 3.96. The van der Waals surface area contributed by atoms with Crippen molar-refractivity contribution in [3.63, 3.8) is 0 Å². The van der Waals surface area contributed by atoms with Crippen molar-refractivity contribution in [3.8, 4) is 0 Å². The Hall–Kier alpha value is -2.21. The summed E-state index contributed by atoms with van der Waals surface area (Å²) in [5, 5.41) is 3.56. The minimum absolute atomic E-state index is 0.0101. The van der Waals surface area contributed by atoms with Gasteiger partial charge < -0.3 is 10.2 Å². The average Bonchev–Trinajstić information content (AvgIpc) is 2.67. The first kappa shape index (κ1) is 18.6. The molecule has 26 heavy (non-hydrogen) atoms. The fraction of sp³-hybridized carbons (Fsp3) is 0.550. The molecule has 3 rings (SSSR count). The van der Waals surface area contributed by atoms with Gasteiger partial charge in [-0.3, -0.25) is 14.2 Å². The second-order valence-corrected chi connectivity index (χ2v) is 6.81. The van der Waals surface area contributed by atoms with E-state index in [9.17, 15) is 9.59 Å². The number of aromatic nitrogens is 2. The van der Waals surface area contributed by atoms with Crippen LogP contribution in [-0.4, -0.2) is 46.5 Å². The van der Waals surface area contributed by atoms with Crippen molar-refractivity contribution in [3.05, 3.63) is 39.9 Å². The van der Waals surface area contributed by atoms with Gasteiger partial charge in [-0.05, 0) is 57.1 Å². The van der Waals surface area contributed by atoms with Crippen molar-refractivity contribution in [1.29, 1.82) is 0 Å². The van der Waals surface area contributed by atoms with Gasteiger partial charge in [0.05, 0.1) is 10.9 Å². The first-order chi connectivity index (χ1) is 12.6. The molecule has 0 unspecified atom stereocenters. The Kier molecular flexibility index (Phi) is 6.04. The first-order valence-electron chi connectivity index (χ1n) is 9.68. The van der Waals surface area contributed by atoms with E-state index in [1.54, 1.807) is 22.8 Å². The Morgan fingerprint density at radius 3 is 2.85 bits per heavy atom. The number of carbonyl (C=O) groups is 1. The largest absolute Gasteiger partial charge is 0.352 e. The fourth-order valence-electron chi connectivity index (χ4n) is 3.53. The predicted molar refractivity (Wildman–Crippen MR) is 104 cm³/mol. The van der Waals surface area contributed by atoms with E-state index in [4.69, 9.17) is 0 Å². The molecular formula is C20H28N4O2. The number of carbonyl (C=O) groups excluding carboxylic acids is 1. The van der Waals surface area contributed by atoms with Crippen molar-refractivity contribution in [2.75, 3.05) is 26.2 Å². The average molecular weight is 356 g/mol. The van der Waals surface area contributed by atoms with E-state index >= 15 is 0 Å². The van der Waals surface area contributed by atoms with Crippen molar-refractivity contribution >= 4 is 16.8 Å². The van der Waals surface area contributed by atoms with Gasteiger partial charge >= 0.3 is 0 Å². The highest BCUT2D eigenvalue weighted by Crippen LogP contribution is 2.16. The maximum absolute atomic E-state index is 12.6. The molecule has 140 valence electrons. The summed E-state index contributed by atoms with van der Waals surface area (Å²) in [6.07, 6.45) is 3.83. The Balaban J connectivity index is 1.70. The number of rotatable bonds is 7. The lowest BCUT2D eigenvalue weighted by atomic mass is 10.1. The molecular weight excluding hydrogens is 328 g/mol. The van der Waals surface area contributed by atoms with Crippen LogP contribution in [0.4, 0.5) is 0 Å². The molecule has 0 saturated carbocycles. The zero-order valence-electron chi connectivity index (χ0n) is 15.8. The number of nitrogens with one attached hydrogen (secondary N) is 1. The summed E-state index contributed by atoms with van der Waals surface area (Å²) in [7, 11) is 0. The molecule has 0 atom stereocenters. The van der Waals surface area contributed by atoms with E-state index in [1.807, 2.05) is 0 Å². The number of hydrogen-bond donors (Lipinski definition) is 1. The Morgan fingerprint density at radius 1 is 1.27 bits per heavy atom. The molecule has 1 amide bonds. The van der Waals surface area contributed by atoms with E-state index in [0.29, 0.717) is 23.0 Å². The van der Waals surface area contributed by atoms with Crippen LogP contribution in [-0.2, 0) is 13.0 Å². The maximum atomic E-state index is 12.6. The number of nitrogens with zero attached hydrogens (tertiary/aromatic N) is 3. The van der Waals surface area contributed by atoms with Crippen LogP contribution in [0.2, 0.25) is 0 Å². The lowest BCUT2D eigenvalue weighted by Gasteiger charge is -2.18. The van der Waals surface area contributed by atoms with Gasteiger partial charge in [-0.1, -0.05) is 13.8 Å². The number of hydrogen-bond acceptors (Lipinski definition) is 4. The Labute approximate surface area is 154 Å². The van der Waals surface area contributed by atoms with E-state index in [2.05, 4.69) is 29.0 Å². The van der Waals surface area contributed by atoms with Crippen LogP contribution in [0.15, 0.2) is 23.0 Å². The minimum Gasteiger partial charge on any atom is -0.352 e. The summed E-state index contributed by atoms with van der Waals surface area (Å²) in [4.78, 5) is 32.0. The second kappa shape index (κ2) is 8.45. The van der Waals surface area contributed by atoms with Crippen LogP contribution in [0.3, 0.4) is 0 Å². The topological polar surface area (TPSA) is 67.2 Å². The highest BCUT2D eigenvalue weighted by Gasteiger charge is 2.16. The van der Waals surface area contributed by atoms with E-state index in [0.717, 1.165) is 57.7 Å². The SMILES string of the molecule is CCN(CC)CCCNC(=O)c1ccc2c(=O)n3c(nc2c1)CCCC3. The number of aryl methyl sites for hydroxylation is 1. The number of fused-ring (bicyclic) bond motifs is 2. The molecule has 0 saturated heterocycles. The van der Waals surface area contributed by atoms with Gasteiger partial charge in [0.2, 0.25) is 0 Å². The summed E-state index contributed by atoms with van der Waals surface area (Å²) in [5.74, 6) is 0.733. The van der Waals surface area contributed by atoms with Gasteiger partial charge in [0, 0.05) is 25.1 Å². The quantitative estimate of drug-likeness (QED) is 0.772. The molecule has 1 N–H and O–H groups in total. The third-order valence-electron chi connectivity index (χ3n) is 5.16. The molecule has 1 aromatic carbocycles. The van der Waals surface area contributed by atoms with Crippen molar-refractivity contribution in [2.45, 2.75) is 46.1 Å². The van der Waals surface area contributed by atoms with Gasteiger partial charge in [-0.15, -0.1) is 0 Å². The summed E-state index contributed by atoms with van der Waals surface area (Å²) >= 11 is 0. The second-order valence-electron chi connectivity index (χ2n) is 6.81.